The highest BCUT2D eigenvalue weighted by Gasteiger charge is 2.30. The molecule has 0 fully saturated rings. The van der Waals surface area contributed by atoms with Crippen LogP contribution in [0.2, 0.25) is 0 Å². The molecular formula is C24H31N3O7S. The molecule has 2 aromatic rings. The van der Waals surface area contributed by atoms with E-state index >= 15 is 0 Å². The zero-order valence-electron chi connectivity index (χ0n) is 20.3. The van der Waals surface area contributed by atoms with Crippen LogP contribution in [0, 0.1) is 0 Å². The first-order chi connectivity index (χ1) is 16.6. The van der Waals surface area contributed by atoms with Crippen LogP contribution in [0.3, 0.4) is 0 Å². The van der Waals surface area contributed by atoms with E-state index in [0.717, 1.165) is 22.5 Å². The van der Waals surface area contributed by atoms with Crippen LogP contribution in [-0.2, 0) is 26.2 Å². The molecule has 35 heavy (non-hydrogen) atoms. The van der Waals surface area contributed by atoms with Gasteiger partial charge in [-0.05, 0) is 43.2 Å². The number of amides is 2. The second kappa shape index (κ2) is 11.3. The molecule has 10 nitrogen and oxygen atoms in total. The first-order valence-corrected chi connectivity index (χ1v) is 13.1. The third-order valence-corrected chi connectivity index (χ3v) is 6.69. The molecule has 0 bridgehead atoms. The van der Waals surface area contributed by atoms with Crippen molar-refractivity contribution in [1.82, 2.24) is 10.2 Å². The first-order valence-electron chi connectivity index (χ1n) is 11.2. The second-order valence-electron chi connectivity index (χ2n) is 8.14. The molecule has 2 aromatic carbocycles. The average molecular weight is 506 g/mol. The summed E-state index contributed by atoms with van der Waals surface area (Å²) in [5, 5.41) is 2.80. The van der Waals surface area contributed by atoms with Crippen LogP contribution in [0.1, 0.15) is 25.8 Å². The van der Waals surface area contributed by atoms with Crippen molar-refractivity contribution < 1.29 is 32.2 Å². The Bertz CT molecular complexity index is 1150. The number of hydrogen-bond acceptors (Lipinski definition) is 7. The average Bonchev–Trinajstić information content (AvgIpc) is 3.31. The number of fused-ring (bicyclic) bond motifs is 1. The molecule has 0 saturated heterocycles. The Labute approximate surface area is 205 Å². The zero-order chi connectivity index (χ0) is 25.6. The molecule has 0 spiro atoms. The number of anilines is 1. The van der Waals surface area contributed by atoms with Crippen molar-refractivity contribution >= 4 is 27.5 Å². The Balaban J connectivity index is 1.89. The third kappa shape index (κ3) is 6.56. The van der Waals surface area contributed by atoms with Crippen molar-refractivity contribution in [3.63, 3.8) is 0 Å². The number of rotatable bonds is 11. The largest absolute Gasteiger partial charge is 0.497 e. The molecule has 0 radical (unpaired) electrons. The van der Waals surface area contributed by atoms with Crippen LogP contribution < -0.4 is 23.8 Å². The number of nitrogens with one attached hydrogen (secondary N) is 1. The van der Waals surface area contributed by atoms with Gasteiger partial charge in [0.05, 0.1) is 19.1 Å². The molecule has 190 valence electrons. The monoisotopic (exact) mass is 505 g/mol. The van der Waals surface area contributed by atoms with Gasteiger partial charge in [0.1, 0.15) is 18.3 Å². The van der Waals surface area contributed by atoms with Crippen molar-refractivity contribution in [3.05, 3.63) is 48.0 Å². The van der Waals surface area contributed by atoms with Crippen LogP contribution in [0.5, 0.6) is 17.2 Å². The van der Waals surface area contributed by atoms with E-state index in [1.165, 1.54) is 11.0 Å². The van der Waals surface area contributed by atoms with Crippen LogP contribution in [0.15, 0.2) is 42.5 Å². The van der Waals surface area contributed by atoms with E-state index in [0.29, 0.717) is 23.8 Å². The molecule has 3 rings (SSSR count). The third-order valence-electron chi connectivity index (χ3n) is 5.55. The van der Waals surface area contributed by atoms with Gasteiger partial charge in [-0.25, -0.2) is 8.42 Å². The van der Waals surface area contributed by atoms with Gasteiger partial charge in [-0.3, -0.25) is 13.9 Å². The molecule has 2 amide bonds. The van der Waals surface area contributed by atoms with E-state index in [2.05, 4.69) is 5.32 Å². The maximum atomic E-state index is 13.5. The van der Waals surface area contributed by atoms with E-state index in [4.69, 9.17) is 14.2 Å². The second-order valence-corrected chi connectivity index (χ2v) is 10.1. The maximum absolute atomic E-state index is 13.5. The summed E-state index contributed by atoms with van der Waals surface area (Å²) in [5.74, 6) is 0.707. The Morgan fingerprint density at radius 2 is 1.80 bits per heavy atom. The predicted molar refractivity (Wildman–Crippen MR) is 131 cm³/mol. The quantitative estimate of drug-likeness (QED) is 0.498. The van der Waals surface area contributed by atoms with E-state index in [-0.39, 0.29) is 24.9 Å². The van der Waals surface area contributed by atoms with Crippen molar-refractivity contribution in [1.29, 1.82) is 0 Å². The van der Waals surface area contributed by atoms with Gasteiger partial charge in [0.15, 0.2) is 11.5 Å². The van der Waals surface area contributed by atoms with Crippen molar-refractivity contribution in [2.75, 3.05) is 37.6 Å². The minimum atomic E-state index is -3.83. The SMILES string of the molecule is CCCNC(=O)[C@@H](C)N(Cc1ccc(OC)cc1)C(=O)CN(c1ccc2c(c1)OCO2)S(C)(=O)=O. The molecular weight excluding hydrogens is 474 g/mol. The van der Waals surface area contributed by atoms with E-state index in [1.54, 1.807) is 50.4 Å². The minimum Gasteiger partial charge on any atom is -0.497 e. The molecule has 0 aromatic heterocycles. The highest BCUT2D eigenvalue weighted by molar-refractivity contribution is 7.92. The Morgan fingerprint density at radius 1 is 1.11 bits per heavy atom. The lowest BCUT2D eigenvalue weighted by Crippen LogP contribution is -2.51. The lowest BCUT2D eigenvalue weighted by molar-refractivity contribution is -0.139. The zero-order valence-corrected chi connectivity index (χ0v) is 21.1. The van der Waals surface area contributed by atoms with Crippen molar-refractivity contribution in [2.24, 2.45) is 0 Å². The summed E-state index contributed by atoms with van der Waals surface area (Å²) in [5.41, 5.74) is 1.03. The molecule has 1 aliphatic heterocycles. The summed E-state index contributed by atoms with van der Waals surface area (Å²) in [7, 11) is -2.28. The summed E-state index contributed by atoms with van der Waals surface area (Å²) in [4.78, 5) is 27.6. The predicted octanol–water partition coefficient (Wildman–Crippen LogP) is 2.13. The standard InChI is InChI=1S/C24H31N3O7S/c1-5-12-25-24(29)17(2)26(14-18-6-9-20(32-3)10-7-18)23(28)15-27(35(4,30)31)19-8-11-21-22(13-19)34-16-33-21/h6-11,13,17H,5,12,14-16H2,1-4H3,(H,25,29)/t17-/m1/s1. The number of sulfonamides is 1. The first kappa shape index (κ1) is 26.1. The summed E-state index contributed by atoms with van der Waals surface area (Å²) >= 11 is 0. The normalized spacial score (nSPS) is 13.1. The van der Waals surface area contributed by atoms with Crippen LogP contribution >= 0.6 is 0 Å². The maximum Gasteiger partial charge on any atom is 0.244 e. The number of methoxy groups -OCH3 is 1. The van der Waals surface area contributed by atoms with Gasteiger partial charge in [-0.2, -0.15) is 0 Å². The van der Waals surface area contributed by atoms with Crippen LogP contribution in [-0.4, -0.2) is 64.4 Å². The molecule has 11 heteroatoms. The summed E-state index contributed by atoms with van der Waals surface area (Å²) in [6, 6.07) is 10.9. The number of hydrogen-bond donors (Lipinski definition) is 1. The molecule has 0 unspecified atom stereocenters. The van der Waals surface area contributed by atoms with Gasteiger partial charge < -0.3 is 24.4 Å². The summed E-state index contributed by atoms with van der Waals surface area (Å²) < 4.78 is 42.1. The molecule has 1 aliphatic rings. The van der Waals surface area contributed by atoms with Gasteiger partial charge in [-0.1, -0.05) is 19.1 Å². The number of benzene rings is 2. The fourth-order valence-corrected chi connectivity index (χ4v) is 4.40. The Hall–Kier alpha value is -3.47. The van der Waals surface area contributed by atoms with Crippen molar-refractivity contribution in [3.8, 4) is 17.2 Å². The number of carbonyl (C=O) groups excluding carboxylic acids is 2. The van der Waals surface area contributed by atoms with Gasteiger partial charge >= 0.3 is 0 Å². The van der Waals surface area contributed by atoms with Gasteiger partial charge in [0, 0.05) is 19.2 Å². The number of carbonyl (C=O) groups is 2. The highest BCUT2D eigenvalue weighted by Crippen LogP contribution is 2.36. The fourth-order valence-electron chi connectivity index (χ4n) is 3.56. The molecule has 0 saturated carbocycles. The Morgan fingerprint density at radius 3 is 2.43 bits per heavy atom. The van der Waals surface area contributed by atoms with Gasteiger partial charge in [0.25, 0.3) is 0 Å². The molecule has 0 aliphatic carbocycles. The van der Waals surface area contributed by atoms with E-state index < -0.39 is 28.5 Å². The number of ether oxygens (including phenoxy) is 3. The number of nitrogens with zero attached hydrogens (tertiary/aromatic N) is 2. The topological polar surface area (TPSA) is 114 Å². The smallest absolute Gasteiger partial charge is 0.244 e. The lowest BCUT2D eigenvalue weighted by Gasteiger charge is -2.31. The highest BCUT2D eigenvalue weighted by atomic mass is 32.2. The van der Waals surface area contributed by atoms with Crippen LogP contribution in [0.4, 0.5) is 5.69 Å². The van der Waals surface area contributed by atoms with Crippen LogP contribution in [0.25, 0.3) is 0 Å². The molecule has 1 N–H and O–H groups in total. The van der Waals surface area contributed by atoms with Gasteiger partial charge in [0.2, 0.25) is 28.6 Å². The fraction of sp³-hybridized carbons (Fsp3) is 0.417. The lowest BCUT2D eigenvalue weighted by atomic mass is 10.1. The van der Waals surface area contributed by atoms with Gasteiger partial charge in [-0.15, -0.1) is 0 Å². The summed E-state index contributed by atoms with van der Waals surface area (Å²) in [6.07, 6.45) is 1.77. The Kier molecular flexibility index (Phi) is 8.44. The van der Waals surface area contributed by atoms with E-state index in [9.17, 15) is 18.0 Å². The van der Waals surface area contributed by atoms with E-state index in [1.807, 2.05) is 6.92 Å². The molecule has 1 atom stereocenters. The minimum absolute atomic E-state index is 0.0383. The van der Waals surface area contributed by atoms with Crippen molar-refractivity contribution in [2.45, 2.75) is 32.9 Å². The molecule has 1 heterocycles. The summed E-state index contributed by atoms with van der Waals surface area (Å²) in [6.45, 7) is 3.69.